The van der Waals surface area contributed by atoms with E-state index >= 15 is 0 Å². The predicted octanol–water partition coefficient (Wildman–Crippen LogP) is 1.12. The number of carbonyl (C=O) groups excluding carboxylic acids is 2. The van der Waals surface area contributed by atoms with Gasteiger partial charge in [-0.15, -0.1) is 0 Å². The molecule has 0 atom stereocenters. The lowest BCUT2D eigenvalue weighted by Gasteiger charge is -2.14. The van der Waals surface area contributed by atoms with E-state index < -0.39 is 0 Å². The Labute approximate surface area is 89.9 Å². The van der Waals surface area contributed by atoms with Crippen LogP contribution in [-0.4, -0.2) is 36.5 Å². The van der Waals surface area contributed by atoms with Gasteiger partial charge < -0.3 is 9.64 Å². The Morgan fingerprint density at radius 3 is 2.87 bits per heavy atom. The summed E-state index contributed by atoms with van der Waals surface area (Å²) in [5, 5.41) is 0. The van der Waals surface area contributed by atoms with E-state index in [1.807, 2.05) is 4.90 Å². The lowest BCUT2D eigenvalue weighted by atomic mass is 10.3. The molecule has 15 heavy (non-hydrogen) atoms. The number of esters is 1. The van der Waals surface area contributed by atoms with Crippen molar-refractivity contribution in [2.75, 3.05) is 19.7 Å². The number of rotatable bonds is 5. The summed E-state index contributed by atoms with van der Waals surface area (Å²) < 4.78 is 4.92. The van der Waals surface area contributed by atoms with Gasteiger partial charge in [0.05, 0.1) is 6.61 Å². The number of hydrogen-bond donors (Lipinski definition) is 0. The van der Waals surface area contributed by atoms with Crippen LogP contribution in [0.5, 0.6) is 0 Å². The minimum atomic E-state index is -0.359. The second kappa shape index (κ2) is 5.53. The normalized spacial score (nSPS) is 15.5. The molecule has 0 bridgehead atoms. The smallest absolute Gasteiger partial charge is 0.333 e. The van der Waals surface area contributed by atoms with Gasteiger partial charge in [-0.25, -0.2) is 4.79 Å². The highest BCUT2D eigenvalue weighted by Crippen LogP contribution is 2.09. The molecule has 1 rings (SSSR count). The van der Waals surface area contributed by atoms with Crippen LogP contribution in [0.25, 0.3) is 0 Å². The first kappa shape index (κ1) is 11.8. The third kappa shape index (κ3) is 3.73. The molecule has 0 aromatic carbocycles. The number of hydrogen-bond acceptors (Lipinski definition) is 3. The van der Waals surface area contributed by atoms with Crippen molar-refractivity contribution in [3.63, 3.8) is 0 Å². The van der Waals surface area contributed by atoms with Crippen molar-refractivity contribution < 1.29 is 14.3 Å². The fourth-order valence-corrected chi connectivity index (χ4v) is 1.48. The zero-order chi connectivity index (χ0) is 11.3. The quantitative estimate of drug-likeness (QED) is 0.389. The molecule has 0 aromatic heterocycles. The maximum absolute atomic E-state index is 11.2. The van der Waals surface area contributed by atoms with Gasteiger partial charge >= 0.3 is 5.97 Å². The SMILES string of the molecule is C=C(C)C(=O)OCCCN1CCCC1=O. The minimum absolute atomic E-state index is 0.209. The van der Waals surface area contributed by atoms with Crippen molar-refractivity contribution in [3.05, 3.63) is 12.2 Å². The fourth-order valence-electron chi connectivity index (χ4n) is 1.48. The molecule has 1 heterocycles. The van der Waals surface area contributed by atoms with Crippen molar-refractivity contribution in [3.8, 4) is 0 Å². The van der Waals surface area contributed by atoms with E-state index in [1.54, 1.807) is 6.92 Å². The lowest BCUT2D eigenvalue weighted by molar-refractivity contribution is -0.139. The second-order valence-corrected chi connectivity index (χ2v) is 3.75. The molecule has 0 unspecified atom stereocenters. The van der Waals surface area contributed by atoms with Gasteiger partial charge in [0.1, 0.15) is 0 Å². The van der Waals surface area contributed by atoms with E-state index in [-0.39, 0.29) is 11.9 Å². The first-order valence-corrected chi connectivity index (χ1v) is 5.21. The molecule has 4 nitrogen and oxygen atoms in total. The average Bonchev–Trinajstić information content (AvgIpc) is 2.58. The van der Waals surface area contributed by atoms with Crippen LogP contribution in [0.3, 0.4) is 0 Å². The van der Waals surface area contributed by atoms with E-state index in [0.29, 0.717) is 31.6 Å². The number of ether oxygens (including phenoxy) is 1. The number of likely N-dealkylation sites (tertiary alicyclic amines) is 1. The Kier molecular flexibility index (Phi) is 4.34. The molecule has 0 radical (unpaired) electrons. The monoisotopic (exact) mass is 211 g/mol. The van der Waals surface area contributed by atoms with Gasteiger partial charge in [0.2, 0.25) is 5.91 Å². The predicted molar refractivity (Wildman–Crippen MR) is 56.2 cm³/mol. The fraction of sp³-hybridized carbons (Fsp3) is 0.636. The van der Waals surface area contributed by atoms with Gasteiger partial charge in [0.15, 0.2) is 0 Å². The van der Waals surface area contributed by atoms with Gasteiger partial charge in [0.25, 0.3) is 0 Å². The van der Waals surface area contributed by atoms with Crippen LogP contribution in [0.1, 0.15) is 26.2 Å². The third-order valence-electron chi connectivity index (χ3n) is 2.33. The van der Waals surface area contributed by atoms with Crippen LogP contribution in [0.4, 0.5) is 0 Å². The van der Waals surface area contributed by atoms with E-state index in [9.17, 15) is 9.59 Å². The zero-order valence-electron chi connectivity index (χ0n) is 9.12. The molecular formula is C11H17NO3. The summed E-state index contributed by atoms with van der Waals surface area (Å²) in [4.78, 5) is 24.0. The lowest BCUT2D eigenvalue weighted by Crippen LogP contribution is -2.26. The summed E-state index contributed by atoms with van der Waals surface area (Å²) in [6.07, 6.45) is 2.31. The summed E-state index contributed by atoms with van der Waals surface area (Å²) >= 11 is 0. The molecule has 0 aliphatic carbocycles. The Bertz CT molecular complexity index is 273. The van der Waals surface area contributed by atoms with Crippen LogP contribution in [0, 0.1) is 0 Å². The molecule has 1 fully saturated rings. The van der Waals surface area contributed by atoms with Crippen LogP contribution < -0.4 is 0 Å². The summed E-state index contributed by atoms with van der Waals surface area (Å²) in [5.41, 5.74) is 0.409. The van der Waals surface area contributed by atoms with E-state index in [1.165, 1.54) is 0 Å². The molecule has 1 aliphatic rings. The molecule has 0 spiro atoms. The highest BCUT2D eigenvalue weighted by molar-refractivity contribution is 5.86. The number of amides is 1. The Morgan fingerprint density at radius 2 is 2.33 bits per heavy atom. The molecule has 0 saturated carbocycles. The molecular weight excluding hydrogens is 194 g/mol. The van der Waals surface area contributed by atoms with E-state index in [2.05, 4.69) is 6.58 Å². The van der Waals surface area contributed by atoms with Crippen molar-refractivity contribution in [2.24, 2.45) is 0 Å². The summed E-state index contributed by atoms with van der Waals surface area (Å²) in [5.74, 6) is -0.149. The van der Waals surface area contributed by atoms with Gasteiger partial charge in [-0.1, -0.05) is 6.58 Å². The minimum Gasteiger partial charge on any atom is -0.462 e. The standard InChI is InChI=1S/C11H17NO3/c1-9(2)11(14)15-8-4-7-12-6-3-5-10(12)13/h1,3-8H2,2H3. The van der Waals surface area contributed by atoms with Crippen molar-refractivity contribution in [2.45, 2.75) is 26.2 Å². The summed E-state index contributed by atoms with van der Waals surface area (Å²) in [7, 11) is 0. The molecule has 1 aliphatic heterocycles. The van der Waals surface area contributed by atoms with Crippen LogP contribution >= 0.6 is 0 Å². The van der Waals surface area contributed by atoms with Crippen molar-refractivity contribution >= 4 is 11.9 Å². The van der Waals surface area contributed by atoms with E-state index in [4.69, 9.17) is 4.74 Å². The first-order chi connectivity index (χ1) is 7.11. The molecule has 84 valence electrons. The van der Waals surface area contributed by atoms with Crippen LogP contribution in [0.2, 0.25) is 0 Å². The van der Waals surface area contributed by atoms with Crippen LogP contribution in [-0.2, 0) is 14.3 Å². The molecule has 0 N–H and O–H groups in total. The maximum Gasteiger partial charge on any atom is 0.333 e. The van der Waals surface area contributed by atoms with Crippen molar-refractivity contribution in [1.82, 2.24) is 4.90 Å². The molecule has 1 saturated heterocycles. The Morgan fingerprint density at radius 1 is 1.60 bits per heavy atom. The maximum atomic E-state index is 11.2. The second-order valence-electron chi connectivity index (χ2n) is 3.75. The van der Waals surface area contributed by atoms with Crippen molar-refractivity contribution in [1.29, 1.82) is 0 Å². The highest BCUT2D eigenvalue weighted by Gasteiger charge is 2.19. The van der Waals surface area contributed by atoms with Gasteiger partial charge in [-0.3, -0.25) is 4.79 Å². The zero-order valence-corrected chi connectivity index (χ0v) is 9.12. The Hall–Kier alpha value is -1.32. The van der Waals surface area contributed by atoms with Crippen LogP contribution in [0.15, 0.2) is 12.2 Å². The largest absolute Gasteiger partial charge is 0.462 e. The highest BCUT2D eigenvalue weighted by atomic mass is 16.5. The van der Waals surface area contributed by atoms with Gasteiger partial charge in [0, 0.05) is 25.1 Å². The summed E-state index contributed by atoms with van der Waals surface area (Å²) in [6, 6.07) is 0. The molecule has 4 heteroatoms. The van der Waals surface area contributed by atoms with E-state index in [0.717, 1.165) is 13.0 Å². The molecule has 0 aromatic rings. The molecule has 1 amide bonds. The first-order valence-electron chi connectivity index (χ1n) is 5.21. The Balaban J connectivity index is 2.09. The average molecular weight is 211 g/mol. The summed E-state index contributed by atoms with van der Waals surface area (Å²) in [6.45, 7) is 6.98. The topological polar surface area (TPSA) is 46.6 Å². The van der Waals surface area contributed by atoms with Gasteiger partial charge in [-0.2, -0.15) is 0 Å². The number of nitrogens with zero attached hydrogens (tertiary/aromatic N) is 1. The third-order valence-corrected chi connectivity index (χ3v) is 2.33. The number of carbonyl (C=O) groups is 2. The van der Waals surface area contributed by atoms with Gasteiger partial charge in [-0.05, 0) is 19.8 Å².